The molecule has 0 saturated carbocycles. The molecule has 0 saturated heterocycles. The zero-order chi connectivity index (χ0) is 23.1. The fourth-order valence-electron chi connectivity index (χ4n) is 2.70. The van der Waals surface area contributed by atoms with Crippen molar-refractivity contribution >= 4 is 58.2 Å². The maximum Gasteiger partial charge on any atom is 0.234 e. The number of halogens is 3. The number of thioether (sulfide) groups is 1. The molecule has 0 unspecified atom stereocenters. The Morgan fingerprint density at radius 1 is 1.03 bits per heavy atom. The van der Waals surface area contributed by atoms with Crippen LogP contribution in [0.2, 0.25) is 10.0 Å². The van der Waals surface area contributed by atoms with Gasteiger partial charge >= 0.3 is 0 Å². The SMILES string of the molecule is C=CCn1c(CC(=O)Nc2ccc(F)cc2)nnc1SCC(=O)Nc1cc(Cl)cc(Cl)c1. The van der Waals surface area contributed by atoms with Crippen molar-refractivity contribution in [2.24, 2.45) is 0 Å². The molecular formula is C21H18Cl2FN5O2S. The van der Waals surface area contributed by atoms with E-state index in [1.807, 2.05) is 0 Å². The third kappa shape index (κ3) is 6.81. The molecule has 0 radical (unpaired) electrons. The number of anilines is 2. The Bertz CT molecular complexity index is 1120. The van der Waals surface area contributed by atoms with Gasteiger partial charge in [-0.2, -0.15) is 0 Å². The van der Waals surface area contributed by atoms with Crippen LogP contribution in [0.3, 0.4) is 0 Å². The molecule has 0 aliphatic rings. The Balaban J connectivity index is 1.62. The van der Waals surface area contributed by atoms with Crippen LogP contribution in [0.15, 0.2) is 60.3 Å². The third-order valence-corrected chi connectivity index (χ3v) is 5.43. The Morgan fingerprint density at radius 3 is 2.34 bits per heavy atom. The second-order valence-corrected chi connectivity index (χ2v) is 8.34. The Kier molecular flexibility index (Phi) is 8.26. The summed E-state index contributed by atoms with van der Waals surface area (Å²) in [7, 11) is 0. The Labute approximate surface area is 198 Å². The molecule has 1 aromatic heterocycles. The van der Waals surface area contributed by atoms with Crippen molar-refractivity contribution in [1.82, 2.24) is 14.8 Å². The topological polar surface area (TPSA) is 88.9 Å². The highest BCUT2D eigenvalue weighted by Crippen LogP contribution is 2.23. The number of benzene rings is 2. The summed E-state index contributed by atoms with van der Waals surface area (Å²) in [6.45, 7) is 4.08. The van der Waals surface area contributed by atoms with Gasteiger partial charge in [-0.15, -0.1) is 16.8 Å². The molecule has 1 heterocycles. The van der Waals surface area contributed by atoms with Gasteiger partial charge in [0.15, 0.2) is 5.16 Å². The van der Waals surface area contributed by atoms with E-state index in [1.165, 1.54) is 36.0 Å². The van der Waals surface area contributed by atoms with E-state index >= 15 is 0 Å². The maximum absolute atomic E-state index is 13.0. The largest absolute Gasteiger partial charge is 0.326 e. The molecule has 11 heteroatoms. The summed E-state index contributed by atoms with van der Waals surface area (Å²) < 4.78 is 14.7. The maximum atomic E-state index is 13.0. The van der Waals surface area contributed by atoms with Crippen LogP contribution < -0.4 is 10.6 Å². The number of nitrogens with zero attached hydrogens (tertiary/aromatic N) is 3. The molecule has 2 amide bonds. The summed E-state index contributed by atoms with van der Waals surface area (Å²) >= 11 is 13.1. The van der Waals surface area contributed by atoms with Crippen molar-refractivity contribution in [2.45, 2.75) is 18.1 Å². The van der Waals surface area contributed by atoms with Gasteiger partial charge in [0.2, 0.25) is 11.8 Å². The van der Waals surface area contributed by atoms with Gasteiger partial charge in [0.25, 0.3) is 0 Å². The number of hydrogen-bond donors (Lipinski definition) is 2. The molecule has 0 fully saturated rings. The highest BCUT2D eigenvalue weighted by Gasteiger charge is 2.16. The second-order valence-electron chi connectivity index (χ2n) is 6.52. The smallest absolute Gasteiger partial charge is 0.234 e. The van der Waals surface area contributed by atoms with Crippen molar-refractivity contribution in [1.29, 1.82) is 0 Å². The molecule has 3 aromatic rings. The van der Waals surface area contributed by atoms with Crippen LogP contribution >= 0.6 is 35.0 Å². The van der Waals surface area contributed by atoms with Gasteiger partial charge in [-0.25, -0.2) is 4.39 Å². The van der Waals surface area contributed by atoms with Gasteiger partial charge in [0.1, 0.15) is 11.6 Å². The molecule has 32 heavy (non-hydrogen) atoms. The van der Waals surface area contributed by atoms with Crippen LogP contribution in [0, 0.1) is 5.82 Å². The van der Waals surface area contributed by atoms with Crippen LogP contribution in [0.4, 0.5) is 15.8 Å². The number of nitrogens with one attached hydrogen (secondary N) is 2. The number of allylic oxidation sites excluding steroid dienone is 1. The molecule has 0 aliphatic carbocycles. The zero-order valence-electron chi connectivity index (χ0n) is 16.6. The summed E-state index contributed by atoms with van der Waals surface area (Å²) in [5, 5.41) is 14.8. The van der Waals surface area contributed by atoms with Crippen LogP contribution in [0.25, 0.3) is 0 Å². The molecule has 2 aromatic carbocycles. The van der Waals surface area contributed by atoms with Gasteiger partial charge in [-0.1, -0.05) is 41.0 Å². The standard InChI is InChI=1S/C21H18Cl2FN5O2S/c1-2-7-29-18(11-19(30)25-16-5-3-15(24)4-6-16)27-28-21(29)32-12-20(31)26-17-9-13(22)8-14(23)10-17/h2-6,8-10H,1,7,11-12H2,(H,25,30)(H,26,31). The van der Waals surface area contributed by atoms with E-state index in [4.69, 9.17) is 23.2 Å². The summed E-state index contributed by atoms with van der Waals surface area (Å²) in [6, 6.07) is 10.2. The number of aromatic nitrogens is 3. The first-order valence-corrected chi connectivity index (χ1v) is 11.1. The number of amides is 2. The van der Waals surface area contributed by atoms with Crippen molar-refractivity contribution in [3.8, 4) is 0 Å². The van der Waals surface area contributed by atoms with Gasteiger partial charge in [-0.05, 0) is 42.5 Å². The minimum absolute atomic E-state index is 0.0496. The average molecular weight is 494 g/mol. The zero-order valence-corrected chi connectivity index (χ0v) is 19.0. The van der Waals surface area contributed by atoms with Gasteiger partial charge < -0.3 is 15.2 Å². The lowest BCUT2D eigenvalue weighted by Gasteiger charge is -2.09. The Hall–Kier alpha value is -2.88. The third-order valence-electron chi connectivity index (χ3n) is 4.03. The summed E-state index contributed by atoms with van der Waals surface area (Å²) in [5.74, 6) is -0.535. The highest BCUT2D eigenvalue weighted by atomic mass is 35.5. The van der Waals surface area contributed by atoms with Gasteiger partial charge in [0.05, 0.1) is 12.2 Å². The van der Waals surface area contributed by atoms with Crippen LogP contribution in [0.5, 0.6) is 0 Å². The molecule has 2 N–H and O–H groups in total. The molecule has 0 spiro atoms. The molecule has 166 valence electrons. The van der Waals surface area contributed by atoms with Crippen LogP contribution in [-0.4, -0.2) is 32.3 Å². The van der Waals surface area contributed by atoms with E-state index in [0.29, 0.717) is 38.9 Å². The minimum atomic E-state index is -0.391. The summed E-state index contributed by atoms with van der Waals surface area (Å²) in [6.07, 6.45) is 1.59. The van der Waals surface area contributed by atoms with Crippen molar-refractivity contribution in [3.05, 3.63) is 76.8 Å². The fraction of sp³-hybridized carbons (Fsp3) is 0.143. The first-order valence-electron chi connectivity index (χ1n) is 9.31. The van der Waals surface area contributed by atoms with Crippen LogP contribution in [-0.2, 0) is 22.6 Å². The van der Waals surface area contributed by atoms with E-state index in [1.54, 1.807) is 28.8 Å². The minimum Gasteiger partial charge on any atom is -0.326 e. The number of carbonyl (C=O) groups excluding carboxylic acids is 2. The van der Waals surface area contributed by atoms with E-state index in [-0.39, 0.29) is 24.0 Å². The number of carbonyl (C=O) groups is 2. The van der Waals surface area contributed by atoms with E-state index in [2.05, 4.69) is 27.4 Å². The number of rotatable bonds is 9. The molecule has 0 bridgehead atoms. The first-order chi connectivity index (χ1) is 15.3. The normalized spacial score (nSPS) is 10.6. The first kappa shape index (κ1) is 23.8. The molecule has 0 aliphatic heterocycles. The number of hydrogen-bond acceptors (Lipinski definition) is 5. The Morgan fingerprint density at radius 2 is 1.69 bits per heavy atom. The van der Waals surface area contributed by atoms with Crippen molar-refractivity contribution in [2.75, 3.05) is 16.4 Å². The lowest BCUT2D eigenvalue weighted by Crippen LogP contribution is -2.18. The van der Waals surface area contributed by atoms with Gasteiger partial charge in [-0.3, -0.25) is 9.59 Å². The molecule has 3 rings (SSSR count). The lowest BCUT2D eigenvalue weighted by molar-refractivity contribution is -0.116. The monoisotopic (exact) mass is 493 g/mol. The highest BCUT2D eigenvalue weighted by molar-refractivity contribution is 7.99. The van der Waals surface area contributed by atoms with Crippen molar-refractivity contribution < 1.29 is 14.0 Å². The molecular weight excluding hydrogens is 476 g/mol. The van der Waals surface area contributed by atoms with E-state index in [9.17, 15) is 14.0 Å². The summed E-state index contributed by atoms with van der Waals surface area (Å²) in [5.41, 5.74) is 0.956. The molecule has 0 atom stereocenters. The lowest BCUT2D eigenvalue weighted by atomic mass is 10.3. The van der Waals surface area contributed by atoms with Crippen LogP contribution in [0.1, 0.15) is 5.82 Å². The predicted octanol–water partition coefficient (Wildman–Crippen LogP) is 4.82. The van der Waals surface area contributed by atoms with E-state index < -0.39 is 5.82 Å². The fourth-order valence-corrected chi connectivity index (χ4v) is 4.00. The summed E-state index contributed by atoms with van der Waals surface area (Å²) in [4.78, 5) is 24.7. The van der Waals surface area contributed by atoms with E-state index in [0.717, 1.165) is 0 Å². The van der Waals surface area contributed by atoms with Crippen molar-refractivity contribution in [3.63, 3.8) is 0 Å². The quantitative estimate of drug-likeness (QED) is 0.329. The second kappa shape index (κ2) is 11.1. The molecule has 7 nitrogen and oxygen atoms in total. The average Bonchev–Trinajstić information content (AvgIpc) is 3.09. The predicted molar refractivity (Wildman–Crippen MR) is 125 cm³/mol. The van der Waals surface area contributed by atoms with Gasteiger partial charge in [0, 0.05) is 28.0 Å².